The van der Waals surface area contributed by atoms with Gasteiger partial charge in [-0.3, -0.25) is 4.79 Å². The van der Waals surface area contributed by atoms with Crippen LogP contribution in [0.4, 0.5) is 0 Å². The highest BCUT2D eigenvalue weighted by atomic mass is 32.1. The van der Waals surface area contributed by atoms with E-state index >= 15 is 0 Å². The van der Waals surface area contributed by atoms with Crippen molar-refractivity contribution in [1.29, 1.82) is 0 Å². The van der Waals surface area contributed by atoms with Crippen LogP contribution in [0.15, 0.2) is 53.0 Å². The Kier molecular flexibility index (Phi) is 5.32. The van der Waals surface area contributed by atoms with Gasteiger partial charge in [-0.25, -0.2) is 0 Å². The highest BCUT2D eigenvalue weighted by molar-refractivity contribution is 7.09. The predicted molar refractivity (Wildman–Crippen MR) is 101 cm³/mol. The Labute approximate surface area is 157 Å². The molecule has 0 spiro atoms. The van der Waals surface area contributed by atoms with Crippen LogP contribution in [-0.4, -0.2) is 35.8 Å². The van der Waals surface area contributed by atoms with E-state index in [0.29, 0.717) is 25.2 Å². The van der Waals surface area contributed by atoms with E-state index in [-0.39, 0.29) is 18.1 Å². The van der Waals surface area contributed by atoms with Crippen LogP contribution >= 0.6 is 11.3 Å². The van der Waals surface area contributed by atoms with Gasteiger partial charge in [-0.1, -0.05) is 41.6 Å². The van der Waals surface area contributed by atoms with Crippen molar-refractivity contribution >= 4 is 23.0 Å². The van der Waals surface area contributed by atoms with Gasteiger partial charge in [-0.15, -0.1) is 11.3 Å². The lowest BCUT2D eigenvalue weighted by atomic mass is 10.0. The lowest BCUT2D eigenvalue weighted by Gasteiger charge is -2.24. The van der Waals surface area contributed by atoms with E-state index in [2.05, 4.69) is 11.2 Å². The molecule has 1 aromatic carbocycles. The van der Waals surface area contributed by atoms with Gasteiger partial charge in [0.2, 0.25) is 0 Å². The topological polar surface area (TPSA) is 51.1 Å². The maximum absolute atomic E-state index is 13.1. The molecule has 3 heterocycles. The standard InChI is InChI=1S/C20H22N2O3S/c23-20(18-12-19(25-21-18)15-6-2-1-3-7-15)22(13-16-8-4-10-24-16)14-17-9-5-11-26-17/h1-3,5-7,9,11,16,19H,4,8,10,12-14H2. The fourth-order valence-corrected chi connectivity index (χ4v) is 4.10. The third kappa shape index (κ3) is 3.97. The Balaban J connectivity index is 1.45. The average Bonchev–Trinajstić information content (AvgIpc) is 3.44. The third-order valence-corrected chi connectivity index (χ3v) is 5.61. The summed E-state index contributed by atoms with van der Waals surface area (Å²) in [5.41, 5.74) is 1.54. The Bertz CT molecular complexity index is 755. The summed E-state index contributed by atoms with van der Waals surface area (Å²) in [5, 5.41) is 6.14. The molecule has 1 amide bonds. The Morgan fingerprint density at radius 2 is 2.12 bits per heavy atom. The normalized spacial score (nSPS) is 22.1. The molecule has 0 saturated carbocycles. The summed E-state index contributed by atoms with van der Waals surface area (Å²) in [4.78, 5) is 21.7. The quantitative estimate of drug-likeness (QED) is 0.778. The minimum atomic E-state index is -0.179. The maximum atomic E-state index is 13.1. The monoisotopic (exact) mass is 370 g/mol. The zero-order valence-electron chi connectivity index (χ0n) is 14.5. The molecular formula is C20H22N2O3S. The second-order valence-electron chi connectivity index (χ2n) is 6.65. The van der Waals surface area contributed by atoms with E-state index in [1.54, 1.807) is 11.3 Å². The number of oxime groups is 1. The Morgan fingerprint density at radius 1 is 1.23 bits per heavy atom. The van der Waals surface area contributed by atoms with Crippen molar-refractivity contribution in [1.82, 2.24) is 4.90 Å². The molecule has 2 aliphatic rings. The van der Waals surface area contributed by atoms with Crippen LogP contribution in [0.5, 0.6) is 0 Å². The van der Waals surface area contributed by atoms with Crippen LogP contribution < -0.4 is 0 Å². The second kappa shape index (κ2) is 8.01. The largest absolute Gasteiger partial charge is 0.387 e. The molecular weight excluding hydrogens is 348 g/mol. The van der Waals surface area contributed by atoms with Gasteiger partial charge >= 0.3 is 0 Å². The molecule has 2 unspecified atom stereocenters. The van der Waals surface area contributed by atoms with Crippen molar-refractivity contribution in [2.45, 2.75) is 38.0 Å². The number of hydrogen-bond acceptors (Lipinski definition) is 5. The maximum Gasteiger partial charge on any atom is 0.272 e. The van der Waals surface area contributed by atoms with Crippen molar-refractivity contribution in [3.05, 3.63) is 58.3 Å². The highest BCUT2D eigenvalue weighted by Crippen LogP contribution is 2.28. The van der Waals surface area contributed by atoms with Crippen LogP contribution in [0.2, 0.25) is 0 Å². The van der Waals surface area contributed by atoms with Crippen LogP contribution in [0.3, 0.4) is 0 Å². The second-order valence-corrected chi connectivity index (χ2v) is 7.68. The Hall–Kier alpha value is -2.18. The number of amides is 1. The van der Waals surface area contributed by atoms with Crippen molar-refractivity contribution < 1.29 is 14.4 Å². The molecule has 0 aliphatic carbocycles. The lowest BCUT2D eigenvalue weighted by molar-refractivity contribution is -0.126. The fraction of sp³-hybridized carbons (Fsp3) is 0.400. The van der Waals surface area contributed by atoms with E-state index in [1.807, 2.05) is 46.7 Å². The molecule has 1 aromatic heterocycles. The SMILES string of the molecule is O=C(C1=NOC(c2ccccc2)C1)N(Cc1cccs1)CC1CCCO1. The number of nitrogens with zero attached hydrogens (tertiary/aromatic N) is 2. The molecule has 6 heteroatoms. The summed E-state index contributed by atoms with van der Waals surface area (Å²) in [7, 11) is 0. The predicted octanol–water partition coefficient (Wildman–Crippen LogP) is 3.77. The molecule has 4 rings (SSSR count). The molecule has 2 atom stereocenters. The molecule has 2 aromatic rings. The van der Waals surface area contributed by atoms with E-state index in [9.17, 15) is 4.79 Å². The highest BCUT2D eigenvalue weighted by Gasteiger charge is 2.32. The summed E-state index contributed by atoms with van der Waals surface area (Å²) in [5.74, 6) is -0.0488. The molecule has 0 bridgehead atoms. The first kappa shape index (κ1) is 17.2. The number of ether oxygens (including phenoxy) is 1. The molecule has 5 nitrogen and oxygen atoms in total. The van der Waals surface area contributed by atoms with Gasteiger partial charge in [-0.05, 0) is 29.9 Å². The van der Waals surface area contributed by atoms with E-state index in [0.717, 1.165) is 29.9 Å². The van der Waals surface area contributed by atoms with Gasteiger partial charge in [0.05, 0.1) is 12.6 Å². The van der Waals surface area contributed by atoms with Crippen molar-refractivity contribution in [2.75, 3.05) is 13.2 Å². The van der Waals surface area contributed by atoms with Gasteiger partial charge in [0.25, 0.3) is 5.91 Å². The number of hydrogen-bond donors (Lipinski definition) is 0. The van der Waals surface area contributed by atoms with Gasteiger partial charge in [-0.2, -0.15) is 0 Å². The molecule has 1 fully saturated rings. The fourth-order valence-electron chi connectivity index (χ4n) is 3.38. The molecule has 1 saturated heterocycles. The van der Waals surface area contributed by atoms with Crippen LogP contribution in [-0.2, 0) is 20.9 Å². The summed E-state index contributed by atoms with van der Waals surface area (Å²) in [6.45, 7) is 1.98. The summed E-state index contributed by atoms with van der Waals surface area (Å²) in [6, 6.07) is 14.0. The Morgan fingerprint density at radius 3 is 2.85 bits per heavy atom. The molecule has 0 radical (unpaired) electrons. The van der Waals surface area contributed by atoms with Crippen molar-refractivity contribution in [2.24, 2.45) is 5.16 Å². The summed E-state index contributed by atoms with van der Waals surface area (Å²) < 4.78 is 5.74. The zero-order chi connectivity index (χ0) is 17.8. The first-order valence-corrected chi connectivity index (χ1v) is 9.88. The van der Waals surface area contributed by atoms with Crippen LogP contribution in [0.25, 0.3) is 0 Å². The smallest absolute Gasteiger partial charge is 0.272 e. The van der Waals surface area contributed by atoms with Crippen molar-refractivity contribution in [3.63, 3.8) is 0 Å². The number of rotatable bonds is 6. The molecule has 136 valence electrons. The number of carbonyl (C=O) groups is 1. The molecule has 26 heavy (non-hydrogen) atoms. The van der Waals surface area contributed by atoms with E-state index in [1.165, 1.54) is 0 Å². The molecule has 2 aliphatic heterocycles. The minimum absolute atomic E-state index is 0.0488. The summed E-state index contributed by atoms with van der Waals surface area (Å²) in [6.07, 6.45) is 2.51. The van der Waals surface area contributed by atoms with Crippen LogP contribution in [0.1, 0.15) is 35.8 Å². The summed E-state index contributed by atoms with van der Waals surface area (Å²) >= 11 is 1.66. The third-order valence-electron chi connectivity index (χ3n) is 4.75. The lowest BCUT2D eigenvalue weighted by Crippen LogP contribution is -2.40. The zero-order valence-corrected chi connectivity index (χ0v) is 15.4. The number of benzene rings is 1. The number of carbonyl (C=O) groups excluding carboxylic acids is 1. The van der Waals surface area contributed by atoms with E-state index in [4.69, 9.17) is 9.57 Å². The first-order valence-electron chi connectivity index (χ1n) is 9.00. The first-order chi connectivity index (χ1) is 12.8. The average molecular weight is 370 g/mol. The van der Waals surface area contributed by atoms with Crippen LogP contribution in [0, 0.1) is 0 Å². The molecule has 0 N–H and O–H groups in total. The van der Waals surface area contributed by atoms with Gasteiger partial charge < -0.3 is 14.5 Å². The van der Waals surface area contributed by atoms with Gasteiger partial charge in [0, 0.05) is 24.4 Å². The van der Waals surface area contributed by atoms with Gasteiger partial charge in [0.1, 0.15) is 5.71 Å². The van der Waals surface area contributed by atoms with Gasteiger partial charge in [0.15, 0.2) is 6.10 Å². The van der Waals surface area contributed by atoms with E-state index < -0.39 is 0 Å². The minimum Gasteiger partial charge on any atom is -0.387 e. The van der Waals surface area contributed by atoms with Crippen molar-refractivity contribution in [3.8, 4) is 0 Å². The number of thiophene rings is 1.